The monoisotopic (exact) mass is 234 g/mol. The molecule has 1 aliphatic heterocycles. The molecule has 0 aromatic heterocycles. The van der Waals surface area contributed by atoms with Crippen LogP contribution in [0, 0.1) is 0 Å². The Balaban J connectivity index is 2.03. The summed E-state index contributed by atoms with van der Waals surface area (Å²) in [6.07, 6.45) is 1.99. The van der Waals surface area contributed by atoms with E-state index in [-0.39, 0.29) is 12.2 Å². The van der Waals surface area contributed by atoms with E-state index < -0.39 is 5.79 Å². The molecule has 0 N–H and O–H groups in total. The highest BCUT2D eigenvalue weighted by Gasteiger charge is 2.35. The van der Waals surface area contributed by atoms with Gasteiger partial charge in [-0.1, -0.05) is 30.3 Å². The number of hydrogen-bond acceptors (Lipinski definition) is 3. The molecule has 0 saturated carbocycles. The lowest BCUT2D eigenvalue weighted by Crippen LogP contribution is -2.45. The minimum absolute atomic E-state index is 0.0383. The maximum Gasteiger partial charge on any atom is 0.164 e. The molecule has 1 fully saturated rings. The maximum atomic E-state index is 10.9. The third kappa shape index (κ3) is 3.38. The smallest absolute Gasteiger partial charge is 0.164 e. The first-order valence-electron chi connectivity index (χ1n) is 5.94. The van der Waals surface area contributed by atoms with Gasteiger partial charge in [-0.15, -0.1) is 0 Å². The second-order valence-electron chi connectivity index (χ2n) is 4.86. The Morgan fingerprint density at radius 3 is 2.65 bits per heavy atom. The van der Waals surface area contributed by atoms with E-state index in [1.165, 1.54) is 5.56 Å². The average Bonchev–Trinajstić information content (AvgIpc) is 2.28. The van der Waals surface area contributed by atoms with E-state index >= 15 is 0 Å². The first-order valence-corrected chi connectivity index (χ1v) is 5.94. The molecule has 2 atom stereocenters. The molecule has 1 saturated heterocycles. The van der Waals surface area contributed by atoms with Gasteiger partial charge in [-0.2, -0.15) is 0 Å². The summed E-state index contributed by atoms with van der Waals surface area (Å²) >= 11 is 0. The SMILES string of the molecule is CC1(C)O[C@@H](Cc2ccccc2)C[C@H](C=O)O1. The van der Waals surface area contributed by atoms with Crippen LogP contribution in [0.2, 0.25) is 0 Å². The molecule has 2 rings (SSSR count). The molecule has 3 heteroatoms. The van der Waals surface area contributed by atoms with Gasteiger partial charge in [0.1, 0.15) is 12.4 Å². The molecule has 0 radical (unpaired) electrons. The highest BCUT2D eigenvalue weighted by atomic mass is 16.7. The van der Waals surface area contributed by atoms with Crippen molar-refractivity contribution in [3.63, 3.8) is 0 Å². The van der Waals surface area contributed by atoms with E-state index in [1.807, 2.05) is 32.0 Å². The average molecular weight is 234 g/mol. The van der Waals surface area contributed by atoms with Crippen molar-refractivity contribution in [2.24, 2.45) is 0 Å². The van der Waals surface area contributed by atoms with Crippen molar-refractivity contribution in [1.29, 1.82) is 0 Å². The van der Waals surface area contributed by atoms with Crippen LogP contribution in [0.25, 0.3) is 0 Å². The molecular weight excluding hydrogens is 216 g/mol. The molecule has 1 aromatic rings. The van der Waals surface area contributed by atoms with Gasteiger partial charge in [0.25, 0.3) is 0 Å². The zero-order valence-electron chi connectivity index (χ0n) is 10.3. The topological polar surface area (TPSA) is 35.5 Å². The molecule has 0 unspecified atom stereocenters. The zero-order chi connectivity index (χ0) is 12.3. The normalized spacial score (nSPS) is 27.6. The Morgan fingerprint density at radius 1 is 1.29 bits per heavy atom. The molecule has 1 heterocycles. The second kappa shape index (κ2) is 4.98. The molecule has 92 valence electrons. The van der Waals surface area contributed by atoms with E-state index in [0.717, 1.165) is 12.7 Å². The van der Waals surface area contributed by atoms with E-state index in [1.54, 1.807) is 0 Å². The molecule has 17 heavy (non-hydrogen) atoms. The van der Waals surface area contributed by atoms with Gasteiger partial charge < -0.3 is 14.3 Å². The molecule has 1 aliphatic rings. The summed E-state index contributed by atoms with van der Waals surface area (Å²) in [7, 11) is 0. The first kappa shape index (κ1) is 12.3. The van der Waals surface area contributed by atoms with Crippen molar-refractivity contribution in [3.05, 3.63) is 35.9 Å². The van der Waals surface area contributed by atoms with Gasteiger partial charge in [0.15, 0.2) is 5.79 Å². The molecule has 3 nitrogen and oxygen atoms in total. The number of ether oxygens (including phenoxy) is 2. The van der Waals surface area contributed by atoms with Gasteiger partial charge in [-0.05, 0) is 25.8 Å². The number of hydrogen-bond donors (Lipinski definition) is 0. The Morgan fingerprint density at radius 2 is 2.00 bits per heavy atom. The van der Waals surface area contributed by atoms with Crippen molar-refractivity contribution in [1.82, 2.24) is 0 Å². The summed E-state index contributed by atoms with van der Waals surface area (Å²) in [5, 5.41) is 0. The van der Waals surface area contributed by atoms with E-state index in [0.29, 0.717) is 6.42 Å². The predicted octanol–water partition coefficient (Wildman–Crippen LogP) is 2.34. The van der Waals surface area contributed by atoms with Gasteiger partial charge in [0.2, 0.25) is 0 Å². The minimum atomic E-state index is -0.677. The second-order valence-corrected chi connectivity index (χ2v) is 4.86. The molecule has 0 bridgehead atoms. The van der Waals surface area contributed by atoms with Gasteiger partial charge in [-0.25, -0.2) is 0 Å². The molecule has 0 aliphatic carbocycles. The number of rotatable bonds is 3. The molecule has 1 aromatic carbocycles. The predicted molar refractivity (Wildman–Crippen MR) is 64.7 cm³/mol. The highest BCUT2D eigenvalue weighted by Crippen LogP contribution is 2.27. The van der Waals surface area contributed by atoms with Crippen LogP contribution in [-0.4, -0.2) is 24.3 Å². The third-order valence-corrected chi connectivity index (χ3v) is 2.84. The van der Waals surface area contributed by atoms with Gasteiger partial charge in [0, 0.05) is 6.42 Å². The summed E-state index contributed by atoms with van der Waals surface area (Å²) < 4.78 is 11.3. The number of carbonyl (C=O) groups is 1. The summed E-state index contributed by atoms with van der Waals surface area (Å²) in [5.74, 6) is -0.677. The first-order chi connectivity index (χ1) is 8.09. The van der Waals surface area contributed by atoms with Crippen LogP contribution in [0.5, 0.6) is 0 Å². The Hall–Kier alpha value is -1.19. The van der Waals surface area contributed by atoms with Crippen molar-refractivity contribution in [2.45, 2.75) is 44.7 Å². The fourth-order valence-electron chi connectivity index (χ4n) is 2.23. The molecular formula is C14H18O3. The van der Waals surface area contributed by atoms with Crippen molar-refractivity contribution < 1.29 is 14.3 Å². The third-order valence-electron chi connectivity index (χ3n) is 2.84. The summed E-state index contributed by atoms with van der Waals surface area (Å²) in [4.78, 5) is 10.9. The van der Waals surface area contributed by atoms with Gasteiger partial charge >= 0.3 is 0 Å². The lowest BCUT2D eigenvalue weighted by Gasteiger charge is -2.39. The van der Waals surface area contributed by atoms with Crippen LogP contribution >= 0.6 is 0 Å². The lowest BCUT2D eigenvalue weighted by atomic mass is 10.0. The highest BCUT2D eigenvalue weighted by molar-refractivity contribution is 5.56. The van der Waals surface area contributed by atoms with E-state index in [4.69, 9.17) is 9.47 Å². The quantitative estimate of drug-likeness (QED) is 0.753. The largest absolute Gasteiger partial charge is 0.347 e. The van der Waals surface area contributed by atoms with Crippen LogP contribution in [0.4, 0.5) is 0 Å². The van der Waals surface area contributed by atoms with Crippen LogP contribution in [0.3, 0.4) is 0 Å². The summed E-state index contributed by atoms with van der Waals surface area (Å²) in [5.41, 5.74) is 1.22. The number of benzene rings is 1. The van der Waals surface area contributed by atoms with Crippen molar-refractivity contribution in [2.75, 3.05) is 0 Å². The van der Waals surface area contributed by atoms with Gasteiger partial charge in [-0.3, -0.25) is 0 Å². The summed E-state index contributed by atoms with van der Waals surface area (Å²) in [6.45, 7) is 3.70. The lowest BCUT2D eigenvalue weighted by molar-refractivity contribution is -0.290. The molecule has 0 amide bonds. The zero-order valence-corrected chi connectivity index (χ0v) is 10.3. The Kier molecular flexibility index (Phi) is 3.60. The number of aldehydes is 1. The Labute approximate surface area is 102 Å². The fraction of sp³-hybridized carbons (Fsp3) is 0.500. The van der Waals surface area contributed by atoms with Crippen LogP contribution < -0.4 is 0 Å². The van der Waals surface area contributed by atoms with E-state index in [9.17, 15) is 4.79 Å². The van der Waals surface area contributed by atoms with Crippen LogP contribution in [0.15, 0.2) is 30.3 Å². The van der Waals surface area contributed by atoms with Crippen LogP contribution in [0.1, 0.15) is 25.8 Å². The van der Waals surface area contributed by atoms with E-state index in [2.05, 4.69) is 12.1 Å². The standard InChI is InChI=1S/C14H18O3/c1-14(2)16-12(9-13(10-15)17-14)8-11-6-4-3-5-7-11/h3-7,10,12-13H,8-9H2,1-2H3/t12-,13+/m0/s1. The molecule has 0 spiro atoms. The fourth-order valence-corrected chi connectivity index (χ4v) is 2.23. The maximum absolute atomic E-state index is 10.9. The number of carbonyl (C=O) groups excluding carboxylic acids is 1. The van der Waals surface area contributed by atoms with Crippen molar-refractivity contribution in [3.8, 4) is 0 Å². The Bertz CT molecular complexity index is 372. The summed E-state index contributed by atoms with van der Waals surface area (Å²) in [6, 6.07) is 10.2. The van der Waals surface area contributed by atoms with Crippen LogP contribution in [-0.2, 0) is 20.7 Å². The van der Waals surface area contributed by atoms with Gasteiger partial charge in [0.05, 0.1) is 6.10 Å². The van der Waals surface area contributed by atoms with Crippen molar-refractivity contribution >= 4 is 6.29 Å². The minimum Gasteiger partial charge on any atom is -0.347 e.